The predicted octanol–water partition coefficient (Wildman–Crippen LogP) is 1.59. The number of carboxylic acids is 1. The van der Waals surface area contributed by atoms with Gasteiger partial charge in [-0.05, 0) is 36.2 Å². The molecular formula is C17H21BrN4O6S. The minimum atomic E-state index is -1.05. The van der Waals surface area contributed by atoms with E-state index in [1.165, 1.54) is 16.7 Å². The SMILES string of the molecule is CCC/C(=N/OCC(=O)N[C@@H]1C(=O)N2[C@@H]1SC(C)(C)[C@@H]2C(=O)O)c1cc(Br)no1. The van der Waals surface area contributed by atoms with Crippen LogP contribution in [-0.4, -0.2) is 67.5 Å². The molecule has 2 amide bonds. The highest BCUT2D eigenvalue weighted by atomic mass is 79.9. The number of oxime groups is 1. The zero-order valence-electron chi connectivity index (χ0n) is 16.0. The lowest BCUT2D eigenvalue weighted by molar-refractivity contribution is -0.161. The van der Waals surface area contributed by atoms with Crippen LogP contribution >= 0.6 is 27.7 Å². The summed E-state index contributed by atoms with van der Waals surface area (Å²) in [4.78, 5) is 42.5. The maximum absolute atomic E-state index is 12.4. The maximum Gasteiger partial charge on any atom is 0.327 e. The van der Waals surface area contributed by atoms with Crippen molar-refractivity contribution in [1.82, 2.24) is 15.4 Å². The number of aliphatic carboxylic acids is 1. The lowest BCUT2D eigenvalue weighted by Gasteiger charge is -2.43. The van der Waals surface area contributed by atoms with Crippen LogP contribution in [0.4, 0.5) is 0 Å². The van der Waals surface area contributed by atoms with Crippen LogP contribution in [0.1, 0.15) is 39.4 Å². The Morgan fingerprint density at radius 2 is 2.24 bits per heavy atom. The average Bonchev–Trinajstić information content (AvgIpc) is 3.18. The molecule has 0 spiro atoms. The van der Waals surface area contributed by atoms with Gasteiger partial charge in [-0.3, -0.25) is 9.59 Å². The molecule has 0 saturated carbocycles. The summed E-state index contributed by atoms with van der Waals surface area (Å²) >= 11 is 4.55. The van der Waals surface area contributed by atoms with Gasteiger partial charge in [0, 0.05) is 10.8 Å². The number of halogens is 1. The molecular weight excluding hydrogens is 468 g/mol. The first-order valence-electron chi connectivity index (χ1n) is 8.99. The van der Waals surface area contributed by atoms with Crippen molar-refractivity contribution in [3.05, 3.63) is 16.4 Å². The molecule has 2 N–H and O–H groups in total. The third kappa shape index (κ3) is 4.27. The van der Waals surface area contributed by atoms with Crippen LogP contribution in [0.15, 0.2) is 20.3 Å². The minimum absolute atomic E-state index is 0.380. The molecule has 2 fully saturated rings. The Bertz CT molecular complexity index is 857. The Balaban J connectivity index is 1.56. The number of carboxylic acid groups (broad SMARTS) is 1. The molecule has 3 heterocycles. The summed E-state index contributed by atoms with van der Waals surface area (Å²) < 4.78 is 5.01. The highest BCUT2D eigenvalue weighted by molar-refractivity contribution is 9.10. The summed E-state index contributed by atoms with van der Waals surface area (Å²) in [5.74, 6) is -1.54. The summed E-state index contributed by atoms with van der Waals surface area (Å²) in [5, 5.41) is 19.3. The number of hydrogen-bond donors (Lipinski definition) is 2. The molecule has 1 aromatic rings. The lowest BCUT2D eigenvalue weighted by atomic mass is 9.96. The molecule has 12 heteroatoms. The van der Waals surface area contributed by atoms with Crippen LogP contribution in [0.2, 0.25) is 0 Å². The Labute approximate surface area is 179 Å². The van der Waals surface area contributed by atoms with E-state index >= 15 is 0 Å². The van der Waals surface area contributed by atoms with Crippen molar-refractivity contribution in [1.29, 1.82) is 0 Å². The van der Waals surface area contributed by atoms with Gasteiger partial charge in [-0.1, -0.05) is 23.7 Å². The van der Waals surface area contributed by atoms with E-state index in [1.54, 1.807) is 19.9 Å². The van der Waals surface area contributed by atoms with Crippen molar-refractivity contribution in [2.75, 3.05) is 6.61 Å². The van der Waals surface area contributed by atoms with Gasteiger partial charge in [0.2, 0.25) is 5.91 Å². The zero-order chi connectivity index (χ0) is 21.3. The molecule has 0 unspecified atom stereocenters. The Kier molecular flexibility index (Phi) is 6.22. The quantitative estimate of drug-likeness (QED) is 0.320. The largest absolute Gasteiger partial charge is 0.480 e. The number of nitrogens with zero attached hydrogens (tertiary/aromatic N) is 3. The molecule has 2 aliphatic rings. The van der Waals surface area contributed by atoms with Crippen molar-refractivity contribution >= 4 is 51.2 Å². The Hall–Kier alpha value is -2.08. The molecule has 0 aliphatic carbocycles. The van der Waals surface area contributed by atoms with Gasteiger partial charge in [0.25, 0.3) is 5.91 Å². The molecule has 29 heavy (non-hydrogen) atoms. The summed E-state index contributed by atoms with van der Waals surface area (Å²) in [6, 6.07) is -0.0434. The number of amides is 2. The summed E-state index contributed by atoms with van der Waals surface area (Å²) in [7, 11) is 0. The van der Waals surface area contributed by atoms with Gasteiger partial charge in [-0.25, -0.2) is 4.79 Å². The topological polar surface area (TPSA) is 134 Å². The van der Waals surface area contributed by atoms with Crippen molar-refractivity contribution in [3.8, 4) is 0 Å². The Morgan fingerprint density at radius 3 is 2.83 bits per heavy atom. The molecule has 0 aromatic carbocycles. The van der Waals surface area contributed by atoms with Crippen molar-refractivity contribution in [2.24, 2.45) is 5.16 Å². The number of aromatic nitrogens is 1. The van der Waals surface area contributed by atoms with E-state index in [2.05, 4.69) is 31.6 Å². The number of carbonyl (C=O) groups is 3. The van der Waals surface area contributed by atoms with Crippen molar-refractivity contribution in [2.45, 2.75) is 55.8 Å². The van der Waals surface area contributed by atoms with E-state index in [4.69, 9.17) is 9.36 Å². The highest BCUT2D eigenvalue weighted by Gasteiger charge is 2.64. The van der Waals surface area contributed by atoms with E-state index in [0.717, 1.165) is 6.42 Å². The second kappa shape index (κ2) is 8.34. The van der Waals surface area contributed by atoms with Crippen molar-refractivity contribution in [3.63, 3.8) is 0 Å². The Morgan fingerprint density at radius 1 is 1.52 bits per heavy atom. The molecule has 0 radical (unpaired) electrons. The van der Waals surface area contributed by atoms with E-state index in [0.29, 0.717) is 22.5 Å². The van der Waals surface area contributed by atoms with Gasteiger partial charge < -0.3 is 24.7 Å². The van der Waals surface area contributed by atoms with E-state index in [9.17, 15) is 19.5 Å². The zero-order valence-corrected chi connectivity index (χ0v) is 18.4. The minimum Gasteiger partial charge on any atom is -0.480 e. The van der Waals surface area contributed by atoms with Gasteiger partial charge in [0.15, 0.2) is 12.4 Å². The normalized spacial score (nSPS) is 25.4. The third-order valence-electron chi connectivity index (χ3n) is 4.61. The number of thioether (sulfide) groups is 1. The lowest BCUT2D eigenvalue weighted by Crippen LogP contribution is -2.70. The average molecular weight is 489 g/mol. The molecule has 2 saturated heterocycles. The van der Waals surface area contributed by atoms with Crippen LogP contribution in [0.5, 0.6) is 0 Å². The molecule has 3 rings (SSSR count). The van der Waals surface area contributed by atoms with Crippen molar-refractivity contribution < 1.29 is 28.9 Å². The number of nitrogens with one attached hydrogen (secondary N) is 1. The monoisotopic (exact) mass is 488 g/mol. The summed E-state index contributed by atoms with van der Waals surface area (Å²) in [5.41, 5.74) is 0.516. The molecule has 10 nitrogen and oxygen atoms in total. The molecule has 0 bridgehead atoms. The predicted molar refractivity (Wildman–Crippen MR) is 107 cm³/mol. The highest BCUT2D eigenvalue weighted by Crippen LogP contribution is 2.50. The molecule has 1 aromatic heterocycles. The number of rotatable bonds is 8. The first-order valence-corrected chi connectivity index (χ1v) is 10.7. The second-order valence-corrected chi connectivity index (χ2v) is 9.80. The molecule has 3 atom stereocenters. The third-order valence-corrected chi connectivity index (χ3v) is 6.56. The number of hydrogen-bond acceptors (Lipinski definition) is 8. The van der Waals surface area contributed by atoms with Gasteiger partial charge in [0.1, 0.15) is 27.8 Å². The fraction of sp³-hybridized carbons (Fsp3) is 0.588. The van der Waals surface area contributed by atoms with Crippen LogP contribution in [0.25, 0.3) is 0 Å². The smallest absolute Gasteiger partial charge is 0.327 e. The van der Waals surface area contributed by atoms with Gasteiger partial charge >= 0.3 is 5.97 Å². The fourth-order valence-electron chi connectivity index (χ4n) is 3.37. The standard InChI is InChI=1S/C17H21BrN4O6S/c1-4-5-8(9-6-10(18)21-28-9)20-27-7-11(23)19-12-14(24)22-13(16(25)26)17(2,3)29-15(12)22/h6,12-13,15H,4-5,7H2,1-3H3,(H,19,23)(H,25,26)/b20-8-/t12-,13+,15-/m1/s1. The first-order chi connectivity index (χ1) is 13.7. The van der Waals surface area contributed by atoms with Crippen LogP contribution in [-0.2, 0) is 19.2 Å². The van der Waals surface area contributed by atoms with Gasteiger partial charge in [-0.15, -0.1) is 11.8 Å². The van der Waals surface area contributed by atoms with E-state index in [1.807, 2.05) is 6.92 Å². The number of carbonyl (C=O) groups excluding carboxylic acids is 2. The number of fused-ring (bicyclic) bond motifs is 1. The summed E-state index contributed by atoms with van der Waals surface area (Å²) in [6.45, 7) is 5.13. The number of β-lactam (4-membered cyclic amide) rings is 1. The van der Waals surface area contributed by atoms with E-state index < -0.39 is 40.0 Å². The summed E-state index contributed by atoms with van der Waals surface area (Å²) in [6.07, 6.45) is 1.36. The molecule has 2 aliphatic heterocycles. The maximum atomic E-state index is 12.4. The second-order valence-electron chi connectivity index (χ2n) is 7.22. The van der Waals surface area contributed by atoms with Crippen LogP contribution < -0.4 is 5.32 Å². The molecule has 158 valence electrons. The first kappa shape index (κ1) is 21.6. The van der Waals surface area contributed by atoms with Gasteiger partial charge in [-0.2, -0.15) is 0 Å². The van der Waals surface area contributed by atoms with Gasteiger partial charge in [0.05, 0.1) is 0 Å². The van der Waals surface area contributed by atoms with Crippen LogP contribution in [0.3, 0.4) is 0 Å². The van der Waals surface area contributed by atoms with Crippen LogP contribution in [0, 0.1) is 0 Å². The fourth-order valence-corrected chi connectivity index (χ4v) is 5.28. The van der Waals surface area contributed by atoms with E-state index in [-0.39, 0.29) is 6.61 Å².